The molecule has 0 aliphatic carbocycles. The SMILES string of the molecule is CC(NC(C)c1nncn1C)c1ccc2ccccc2c1. The number of rotatable bonds is 4. The van der Waals surface area contributed by atoms with E-state index < -0.39 is 0 Å². The average Bonchev–Trinajstić information content (AvgIpc) is 2.93. The number of hydrogen-bond acceptors (Lipinski definition) is 3. The molecule has 2 aromatic carbocycles. The third-order valence-electron chi connectivity index (χ3n) is 3.91. The predicted molar refractivity (Wildman–Crippen MR) is 84.9 cm³/mol. The van der Waals surface area contributed by atoms with Crippen LogP contribution in [-0.4, -0.2) is 14.8 Å². The van der Waals surface area contributed by atoms with Crippen LogP contribution >= 0.6 is 0 Å². The van der Waals surface area contributed by atoms with E-state index in [0.29, 0.717) is 0 Å². The van der Waals surface area contributed by atoms with E-state index in [1.54, 1.807) is 6.33 Å². The minimum Gasteiger partial charge on any atom is -0.319 e. The van der Waals surface area contributed by atoms with Gasteiger partial charge in [0, 0.05) is 13.1 Å². The molecule has 0 bridgehead atoms. The molecule has 21 heavy (non-hydrogen) atoms. The summed E-state index contributed by atoms with van der Waals surface area (Å²) in [6.07, 6.45) is 1.73. The first-order valence-corrected chi connectivity index (χ1v) is 7.24. The topological polar surface area (TPSA) is 42.7 Å². The molecule has 0 amide bonds. The van der Waals surface area contributed by atoms with Crippen molar-refractivity contribution in [3.05, 3.63) is 60.2 Å². The highest BCUT2D eigenvalue weighted by Crippen LogP contribution is 2.22. The van der Waals surface area contributed by atoms with Gasteiger partial charge in [0.15, 0.2) is 0 Å². The summed E-state index contributed by atoms with van der Waals surface area (Å²) >= 11 is 0. The van der Waals surface area contributed by atoms with Crippen LogP contribution in [0, 0.1) is 0 Å². The quantitative estimate of drug-likeness (QED) is 0.796. The van der Waals surface area contributed by atoms with Gasteiger partial charge < -0.3 is 9.88 Å². The zero-order valence-corrected chi connectivity index (χ0v) is 12.6. The molecule has 1 aromatic heterocycles. The van der Waals surface area contributed by atoms with E-state index in [9.17, 15) is 0 Å². The van der Waals surface area contributed by atoms with E-state index in [4.69, 9.17) is 0 Å². The summed E-state index contributed by atoms with van der Waals surface area (Å²) in [5.74, 6) is 0.947. The van der Waals surface area contributed by atoms with Crippen LogP contribution in [0.15, 0.2) is 48.8 Å². The monoisotopic (exact) mass is 280 g/mol. The highest BCUT2D eigenvalue weighted by Gasteiger charge is 2.15. The van der Waals surface area contributed by atoms with E-state index in [0.717, 1.165) is 5.82 Å². The standard InChI is InChI=1S/C17H20N4/c1-12(19-13(2)17-20-18-11-21(17)3)15-9-8-14-6-4-5-7-16(14)10-15/h4-13,19H,1-3H3. The maximum Gasteiger partial charge on any atom is 0.149 e. The van der Waals surface area contributed by atoms with Crippen LogP contribution in [0.2, 0.25) is 0 Å². The van der Waals surface area contributed by atoms with Gasteiger partial charge in [0.25, 0.3) is 0 Å². The van der Waals surface area contributed by atoms with Gasteiger partial charge >= 0.3 is 0 Å². The minimum absolute atomic E-state index is 0.152. The summed E-state index contributed by atoms with van der Waals surface area (Å²) in [6, 6.07) is 15.4. The lowest BCUT2D eigenvalue weighted by Gasteiger charge is -2.20. The summed E-state index contributed by atoms with van der Waals surface area (Å²) in [6.45, 7) is 4.29. The highest BCUT2D eigenvalue weighted by atomic mass is 15.3. The second-order valence-corrected chi connectivity index (χ2v) is 5.52. The number of nitrogens with zero attached hydrogens (tertiary/aromatic N) is 3. The van der Waals surface area contributed by atoms with E-state index in [2.05, 4.69) is 71.8 Å². The van der Waals surface area contributed by atoms with Crippen molar-refractivity contribution in [3.63, 3.8) is 0 Å². The molecule has 3 aromatic rings. The Morgan fingerprint density at radius 2 is 1.76 bits per heavy atom. The molecular formula is C17H20N4. The zero-order chi connectivity index (χ0) is 14.8. The first kappa shape index (κ1) is 13.8. The van der Waals surface area contributed by atoms with Crippen LogP contribution in [0.4, 0.5) is 0 Å². The lowest BCUT2D eigenvalue weighted by Crippen LogP contribution is -2.24. The van der Waals surface area contributed by atoms with Crippen LogP contribution < -0.4 is 5.32 Å². The Balaban J connectivity index is 1.80. The Kier molecular flexibility index (Phi) is 3.71. The van der Waals surface area contributed by atoms with Crippen molar-refractivity contribution in [3.8, 4) is 0 Å². The summed E-state index contributed by atoms with van der Waals surface area (Å²) in [5, 5.41) is 14.2. The van der Waals surface area contributed by atoms with E-state index in [1.807, 2.05) is 11.6 Å². The Hall–Kier alpha value is -2.20. The maximum atomic E-state index is 4.16. The fourth-order valence-corrected chi connectivity index (χ4v) is 2.71. The lowest BCUT2D eigenvalue weighted by molar-refractivity contribution is 0.466. The van der Waals surface area contributed by atoms with E-state index in [1.165, 1.54) is 16.3 Å². The predicted octanol–water partition coefficient (Wildman–Crippen LogP) is 3.38. The van der Waals surface area contributed by atoms with Crippen molar-refractivity contribution in [2.24, 2.45) is 7.05 Å². The highest BCUT2D eigenvalue weighted by molar-refractivity contribution is 5.83. The molecule has 1 N–H and O–H groups in total. The van der Waals surface area contributed by atoms with Crippen molar-refractivity contribution in [2.45, 2.75) is 25.9 Å². The average molecular weight is 280 g/mol. The van der Waals surface area contributed by atoms with Crippen molar-refractivity contribution in [1.82, 2.24) is 20.1 Å². The molecule has 0 saturated heterocycles. The normalized spacial score (nSPS) is 14.2. The molecule has 2 unspecified atom stereocenters. The number of aromatic nitrogens is 3. The molecule has 0 spiro atoms. The van der Waals surface area contributed by atoms with Crippen molar-refractivity contribution in [2.75, 3.05) is 0 Å². The molecule has 3 rings (SSSR count). The molecule has 0 fully saturated rings. The third kappa shape index (κ3) is 2.81. The summed E-state index contributed by atoms with van der Waals surface area (Å²) < 4.78 is 1.95. The third-order valence-corrected chi connectivity index (χ3v) is 3.91. The van der Waals surface area contributed by atoms with Gasteiger partial charge in [0.2, 0.25) is 0 Å². The minimum atomic E-state index is 0.152. The van der Waals surface area contributed by atoms with Gasteiger partial charge in [0.1, 0.15) is 12.2 Å². The Bertz CT molecular complexity index is 747. The molecule has 4 heteroatoms. The van der Waals surface area contributed by atoms with Crippen LogP contribution in [0.3, 0.4) is 0 Å². The Labute approximate surface area is 124 Å². The fourth-order valence-electron chi connectivity index (χ4n) is 2.71. The lowest BCUT2D eigenvalue weighted by atomic mass is 10.0. The van der Waals surface area contributed by atoms with E-state index >= 15 is 0 Å². The van der Waals surface area contributed by atoms with Gasteiger partial charge in [0.05, 0.1) is 6.04 Å². The van der Waals surface area contributed by atoms with Crippen LogP contribution in [0.1, 0.15) is 37.3 Å². The molecular weight excluding hydrogens is 260 g/mol. The summed E-state index contributed by atoms with van der Waals surface area (Å²) in [4.78, 5) is 0. The molecule has 2 atom stereocenters. The second-order valence-electron chi connectivity index (χ2n) is 5.52. The first-order chi connectivity index (χ1) is 10.1. The number of fused-ring (bicyclic) bond motifs is 1. The summed E-state index contributed by atoms with van der Waals surface area (Å²) in [5.41, 5.74) is 1.28. The molecule has 108 valence electrons. The molecule has 0 saturated carbocycles. The van der Waals surface area contributed by atoms with Gasteiger partial charge in [-0.3, -0.25) is 0 Å². The fraction of sp³-hybridized carbons (Fsp3) is 0.294. The maximum absolute atomic E-state index is 4.16. The molecule has 0 aliphatic rings. The number of aryl methyl sites for hydroxylation is 1. The number of nitrogens with one attached hydrogen (secondary N) is 1. The van der Waals surface area contributed by atoms with E-state index in [-0.39, 0.29) is 12.1 Å². The Morgan fingerprint density at radius 3 is 2.48 bits per heavy atom. The van der Waals surface area contributed by atoms with Crippen molar-refractivity contribution in [1.29, 1.82) is 0 Å². The van der Waals surface area contributed by atoms with Gasteiger partial charge in [-0.2, -0.15) is 0 Å². The Morgan fingerprint density at radius 1 is 1.00 bits per heavy atom. The zero-order valence-electron chi connectivity index (χ0n) is 12.6. The van der Waals surface area contributed by atoms with Crippen molar-refractivity contribution < 1.29 is 0 Å². The van der Waals surface area contributed by atoms with Gasteiger partial charge in [-0.25, -0.2) is 0 Å². The second kappa shape index (κ2) is 5.66. The van der Waals surface area contributed by atoms with Gasteiger partial charge in [-0.15, -0.1) is 10.2 Å². The largest absolute Gasteiger partial charge is 0.319 e. The molecule has 0 aliphatic heterocycles. The molecule has 4 nitrogen and oxygen atoms in total. The van der Waals surface area contributed by atoms with Gasteiger partial charge in [-0.05, 0) is 36.2 Å². The van der Waals surface area contributed by atoms with Crippen LogP contribution in [0.25, 0.3) is 10.8 Å². The summed E-state index contributed by atoms with van der Waals surface area (Å²) in [7, 11) is 1.97. The van der Waals surface area contributed by atoms with Crippen LogP contribution in [-0.2, 0) is 7.05 Å². The smallest absolute Gasteiger partial charge is 0.149 e. The molecule has 1 heterocycles. The number of hydrogen-bond donors (Lipinski definition) is 1. The van der Waals surface area contributed by atoms with Crippen LogP contribution in [0.5, 0.6) is 0 Å². The van der Waals surface area contributed by atoms with Crippen molar-refractivity contribution >= 4 is 10.8 Å². The van der Waals surface area contributed by atoms with Gasteiger partial charge in [-0.1, -0.05) is 36.4 Å². The molecule has 0 radical (unpaired) electrons. The number of benzene rings is 2. The first-order valence-electron chi connectivity index (χ1n) is 7.24.